The van der Waals surface area contributed by atoms with Crippen LogP contribution in [0, 0.1) is 6.92 Å². The summed E-state index contributed by atoms with van der Waals surface area (Å²) in [6.45, 7) is 6.59. The fourth-order valence-electron chi connectivity index (χ4n) is 3.35. The molecule has 1 aromatic carbocycles. The van der Waals surface area contributed by atoms with Crippen LogP contribution in [0.4, 0.5) is 0 Å². The van der Waals surface area contributed by atoms with E-state index in [1.54, 1.807) is 4.52 Å². The molecule has 0 aliphatic carbocycles. The smallest absolute Gasteiger partial charge is 0.252 e. The Morgan fingerprint density at radius 3 is 2.78 bits per heavy atom. The van der Waals surface area contributed by atoms with Gasteiger partial charge in [0.2, 0.25) is 0 Å². The Labute approximate surface area is 136 Å². The van der Waals surface area contributed by atoms with Crippen molar-refractivity contribution < 1.29 is 0 Å². The number of benzene rings is 1. The zero-order chi connectivity index (χ0) is 15.8. The topological polar surface area (TPSA) is 46.3 Å². The van der Waals surface area contributed by atoms with Crippen molar-refractivity contribution >= 4 is 5.78 Å². The number of hydrogen-bond donors (Lipinski definition) is 0. The van der Waals surface area contributed by atoms with E-state index in [9.17, 15) is 0 Å². The molecule has 2 aromatic heterocycles. The largest absolute Gasteiger partial charge is 0.297 e. The van der Waals surface area contributed by atoms with Crippen LogP contribution in [0.25, 0.3) is 16.9 Å². The second kappa shape index (κ2) is 5.74. The molecule has 0 amide bonds. The number of fused-ring (bicyclic) bond motifs is 1. The first kappa shape index (κ1) is 14.3. The summed E-state index contributed by atoms with van der Waals surface area (Å²) in [6.07, 6.45) is 6.51. The molecule has 0 spiro atoms. The van der Waals surface area contributed by atoms with Crippen molar-refractivity contribution in [3.8, 4) is 11.1 Å². The average Bonchev–Trinajstić information content (AvgIpc) is 3.22. The molecule has 1 atom stereocenters. The molecule has 4 rings (SSSR count). The van der Waals surface area contributed by atoms with Crippen LogP contribution in [0.5, 0.6) is 0 Å². The molecule has 118 valence electrons. The maximum atomic E-state index is 4.41. The maximum Gasteiger partial charge on any atom is 0.252 e. The molecule has 1 saturated heterocycles. The summed E-state index contributed by atoms with van der Waals surface area (Å²) >= 11 is 0. The molecule has 1 aliphatic heterocycles. The molecular formula is C18H21N5. The summed E-state index contributed by atoms with van der Waals surface area (Å²) in [5, 5.41) is 4.35. The minimum absolute atomic E-state index is 0.461. The Balaban J connectivity index is 1.68. The van der Waals surface area contributed by atoms with Crippen LogP contribution in [-0.4, -0.2) is 37.6 Å². The molecule has 3 heterocycles. The Bertz CT molecular complexity index is 832. The quantitative estimate of drug-likeness (QED) is 0.745. The third kappa shape index (κ3) is 2.72. The fourth-order valence-corrected chi connectivity index (χ4v) is 3.35. The molecule has 5 nitrogen and oxygen atoms in total. The molecule has 3 aromatic rings. The van der Waals surface area contributed by atoms with E-state index >= 15 is 0 Å². The van der Waals surface area contributed by atoms with E-state index in [4.69, 9.17) is 0 Å². The molecule has 0 unspecified atom stereocenters. The van der Waals surface area contributed by atoms with Gasteiger partial charge in [-0.25, -0.2) is 9.50 Å². The predicted octanol–water partition coefficient (Wildman–Crippen LogP) is 3.26. The summed E-state index contributed by atoms with van der Waals surface area (Å²) in [6, 6.07) is 9.22. The van der Waals surface area contributed by atoms with Gasteiger partial charge in [-0.15, -0.1) is 0 Å². The van der Waals surface area contributed by atoms with Crippen LogP contribution in [0.2, 0.25) is 0 Å². The van der Waals surface area contributed by atoms with Crippen molar-refractivity contribution in [3.05, 3.63) is 48.0 Å². The van der Waals surface area contributed by atoms with E-state index in [0.717, 1.165) is 11.4 Å². The highest BCUT2D eigenvalue weighted by Gasteiger charge is 2.19. The Morgan fingerprint density at radius 2 is 1.96 bits per heavy atom. The van der Waals surface area contributed by atoms with Gasteiger partial charge in [0.25, 0.3) is 5.78 Å². The van der Waals surface area contributed by atoms with Crippen LogP contribution in [0.1, 0.15) is 37.2 Å². The molecule has 0 bridgehead atoms. The van der Waals surface area contributed by atoms with E-state index in [0.29, 0.717) is 11.8 Å². The van der Waals surface area contributed by atoms with Crippen molar-refractivity contribution in [2.24, 2.45) is 0 Å². The lowest BCUT2D eigenvalue weighted by molar-refractivity contribution is 0.263. The molecule has 0 saturated carbocycles. The van der Waals surface area contributed by atoms with E-state index in [-0.39, 0.29) is 0 Å². The molecule has 23 heavy (non-hydrogen) atoms. The third-order valence-corrected chi connectivity index (χ3v) is 4.69. The highest BCUT2D eigenvalue weighted by molar-refractivity contribution is 5.63. The van der Waals surface area contributed by atoms with Gasteiger partial charge in [0, 0.05) is 24.0 Å². The van der Waals surface area contributed by atoms with Gasteiger partial charge in [-0.2, -0.15) is 10.1 Å². The van der Waals surface area contributed by atoms with Crippen LogP contribution in [0.15, 0.2) is 36.7 Å². The molecular weight excluding hydrogens is 286 g/mol. The Hall–Kier alpha value is -2.27. The van der Waals surface area contributed by atoms with Crippen molar-refractivity contribution in [3.63, 3.8) is 0 Å². The second-order valence-corrected chi connectivity index (χ2v) is 6.29. The van der Waals surface area contributed by atoms with Crippen LogP contribution in [-0.2, 0) is 0 Å². The van der Waals surface area contributed by atoms with E-state index < -0.39 is 0 Å². The van der Waals surface area contributed by atoms with Gasteiger partial charge in [-0.3, -0.25) is 4.90 Å². The monoisotopic (exact) mass is 307 g/mol. The standard InChI is InChI=1S/C18H21N5/c1-13(22-8-3-4-9-22)15-6-5-7-16(10-15)17-11-19-18-20-14(2)21-23(18)12-17/h5-7,10-13H,3-4,8-9H2,1-2H3/t13-/m0/s1. The second-order valence-electron chi connectivity index (χ2n) is 6.29. The summed E-state index contributed by atoms with van der Waals surface area (Å²) in [7, 11) is 0. The summed E-state index contributed by atoms with van der Waals surface area (Å²) in [5.41, 5.74) is 3.60. The van der Waals surface area contributed by atoms with Gasteiger partial charge in [0.05, 0.1) is 0 Å². The lowest BCUT2D eigenvalue weighted by Crippen LogP contribution is -2.23. The minimum Gasteiger partial charge on any atom is -0.297 e. The first-order chi connectivity index (χ1) is 11.2. The van der Waals surface area contributed by atoms with Crippen molar-refractivity contribution in [2.45, 2.75) is 32.7 Å². The number of nitrogens with zero attached hydrogens (tertiary/aromatic N) is 5. The molecule has 1 fully saturated rings. The summed E-state index contributed by atoms with van der Waals surface area (Å²) in [4.78, 5) is 11.2. The summed E-state index contributed by atoms with van der Waals surface area (Å²) in [5.74, 6) is 1.39. The Kier molecular flexibility index (Phi) is 3.58. The number of aryl methyl sites for hydroxylation is 1. The zero-order valence-electron chi connectivity index (χ0n) is 13.6. The van der Waals surface area contributed by atoms with E-state index in [2.05, 4.69) is 51.2 Å². The minimum atomic E-state index is 0.461. The van der Waals surface area contributed by atoms with Crippen LogP contribution in [0.3, 0.4) is 0 Å². The van der Waals surface area contributed by atoms with Crippen LogP contribution < -0.4 is 0 Å². The zero-order valence-corrected chi connectivity index (χ0v) is 13.6. The Morgan fingerprint density at radius 1 is 1.13 bits per heavy atom. The van der Waals surface area contributed by atoms with Gasteiger partial charge in [0.15, 0.2) is 0 Å². The van der Waals surface area contributed by atoms with Gasteiger partial charge < -0.3 is 0 Å². The molecule has 1 aliphatic rings. The summed E-state index contributed by atoms with van der Waals surface area (Å²) < 4.78 is 1.75. The maximum absolute atomic E-state index is 4.41. The van der Waals surface area contributed by atoms with Gasteiger partial charge in [0.1, 0.15) is 5.82 Å². The van der Waals surface area contributed by atoms with E-state index in [1.807, 2.05) is 19.3 Å². The highest BCUT2D eigenvalue weighted by Crippen LogP contribution is 2.28. The van der Waals surface area contributed by atoms with Gasteiger partial charge in [-0.05, 0) is 57.0 Å². The number of rotatable bonds is 3. The van der Waals surface area contributed by atoms with Crippen molar-refractivity contribution in [1.29, 1.82) is 0 Å². The number of hydrogen-bond acceptors (Lipinski definition) is 4. The van der Waals surface area contributed by atoms with Crippen LogP contribution >= 0.6 is 0 Å². The van der Waals surface area contributed by atoms with E-state index in [1.165, 1.54) is 37.1 Å². The normalized spacial score (nSPS) is 17.0. The fraction of sp³-hybridized carbons (Fsp3) is 0.389. The first-order valence-electron chi connectivity index (χ1n) is 8.24. The molecule has 0 N–H and O–H groups in total. The number of likely N-dealkylation sites (tertiary alicyclic amines) is 1. The highest BCUT2D eigenvalue weighted by atomic mass is 15.3. The predicted molar refractivity (Wildman–Crippen MR) is 90.2 cm³/mol. The van der Waals surface area contributed by atoms with Gasteiger partial charge in [-0.1, -0.05) is 18.2 Å². The average molecular weight is 307 g/mol. The first-order valence-corrected chi connectivity index (χ1v) is 8.24. The molecule has 5 heteroatoms. The lowest BCUT2D eigenvalue weighted by atomic mass is 10.0. The van der Waals surface area contributed by atoms with Gasteiger partial charge >= 0.3 is 0 Å². The lowest BCUT2D eigenvalue weighted by Gasteiger charge is -2.24. The van der Waals surface area contributed by atoms with Crippen molar-refractivity contribution in [1.82, 2.24) is 24.5 Å². The molecule has 0 radical (unpaired) electrons. The van der Waals surface area contributed by atoms with Crippen molar-refractivity contribution in [2.75, 3.05) is 13.1 Å². The number of aromatic nitrogens is 4. The third-order valence-electron chi connectivity index (χ3n) is 4.69. The SMILES string of the molecule is Cc1nc2ncc(-c3cccc([C@H](C)N4CCCC4)c3)cn2n1.